The van der Waals surface area contributed by atoms with Crippen LogP contribution in [0.5, 0.6) is 11.5 Å². The number of amides is 1. The Balaban J connectivity index is 1.89. The highest BCUT2D eigenvalue weighted by Crippen LogP contribution is 2.27. The molecule has 0 bridgehead atoms. The van der Waals surface area contributed by atoms with Crippen molar-refractivity contribution in [3.63, 3.8) is 0 Å². The summed E-state index contributed by atoms with van der Waals surface area (Å²) in [7, 11) is 1.62. The van der Waals surface area contributed by atoms with Crippen LogP contribution >= 0.6 is 0 Å². The number of fused-ring (bicyclic) bond motifs is 1. The highest BCUT2D eigenvalue weighted by molar-refractivity contribution is 6.01. The van der Waals surface area contributed by atoms with Crippen molar-refractivity contribution in [3.05, 3.63) is 71.8 Å². The third-order valence-electron chi connectivity index (χ3n) is 3.78. The molecular weight excluding hydrogens is 304 g/mol. The number of carbonyl (C=O) groups is 1. The number of nitrogen functional groups attached to an aromatic ring is 1. The van der Waals surface area contributed by atoms with Crippen LogP contribution in [0.1, 0.15) is 15.9 Å². The molecule has 0 aromatic heterocycles. The van der Waals surface area contributed by atoms with Crippen LogP contribution in [0.25, 0.3) is 10.8 Å². The SMILES string of the molecule is COc1ccc(COc2cc3ccccc3cc2C(=O)NN)cc1. The fraction of sp³-hybridized carbons (Fsp3) is 0.105. The first-order valence-electron chi connectivity index (χ1n) is 7.50. The fourth-order valence-corrected chi connectivity index (χ4v) is 2.48. The van der Waals surface area contributed by atoms with Gasteiger partial charge in [0.05, 0.1) is 12.7 Å². The summed E-state index contributed by atoms with van der Waals surface area (Å²) in [6, 6.07) is 19.0. The molecule has 5 heteroatoms. The van der Waals surface area contributed by atoms with Gasteiger partial charge in [0.1, 0.15) is 18.1 Å². The first-order chi connectivity index (χ1) is 11.7. The van der Waals surface area contributed by atoms with E-state index >= 15 is 0 Å². The fourth-order valence-electron chi connectivity index (χ4n) is 2.48. The van der Waals surface area contributed by atoms with Gasteiger partial charge in [0.15, 0.2) is 0 Å². The van der Waals surface area contributed by atoms with Crippen LogP contribution in [-0.2, 0) is 6.61 Å². The lowest BCUT2D eigenvalue weighted by atomic mass is 10.1. The largest absolute Gasteiger partial charge is 0.497 e. The number of ether oxygens (including phenoxy) is 2. The first-order valence-corrected chi connectivity index (χ1v) is 7.50. The summed E-state index contributed by atoms with van der Waals surface area (Å²) >= 11 is 0. The van der Waals surface area contributed by atoms with E-state index in [-0.39, 0.29) is 5.91 Å². The second-order valence-electron chi connectivity index (χ2n) is 5.31. The molecule has 0 saturated heterocycles. The Bertz CT molecular complexity index is 860. The maximum Gasteiger partial charge on any atom is 0.268 e. The van der Waals surface area contributed by atoms with E-state index in [0.29, 0.717) is 17.9 Å². The van der Waals surface area contributed by atoms with Gasteiger partial charge in [0, 0.05) is 0 Å². The Morgan fingerprint density at radius 3 is 2.33 bits per heavy atom. The number of rotatable bonds is 5. The Morgan fingerprint density at radius 2 is 1.71 bits per heavy atom. The third kappa shape index (κ3) is 3.31. The Morgan fingerprint density at radius 1 is 1.04 bits per heavy atom. The van der Waals surface area contributed by atoms with Crippen molar-refractivity contribution in [2.24, 2.45) is 5.84 Å². The van der Waals surface area contributed by atoms with Gasteiger partial charge >= 0.3 is 0 Å². The predicted molar refractivity (Wildman–Crippen MR) is 92.9 cm³/mol. The quantitative estimate of drug-likeness (QED) is 0.430. The maximum absolute atomic E-state index is 12.0. The minimum Gasteiger partial charge on any atom is -0.497 e. The van der Waals surface area contributed by atoms with E-state index < -0.39 is 0 Å². The number of benzene rings is 3. The molecule has 0 atom stereocenters. The summed E-state index contributed by atoms with van der Waals surface area (Å²) in [5.41, 5.74) is 3.55. The second-order valence-corrected chi connectivity index (χ2v) is 5.31. The van der Waals surface area contributed by atoms with Gasteiger partial charge in [-0.3, -0.25) is 10.2 Å². The molecule has 3 rings (SSSR count). The molecule has 0 aliphatic heterocycles. The van der Waals surface area contributed by atoms with Crippen molar-refractivity contribution < 1.29 is 14.3 Å². The standard InChI is InChI=1S/C19H18N2O3/c1-23-16-8-6-13(7-9-16)12-24-18-11-15-5-3-2-4-14(15)10-17(18)19(22)21-20/h2-11H,12,20H2,1H3,(H,21,22). The molecule has 0 radical (unpaired) electrons. The molecule has 0 fully saturated rings. The lowest BCUT2D eigenvalue weighted by Gasteiger charge is -2.12. The summed E-state index contributed by atoms with van der Waals surface area (Å²) in [5, 5.41) is 1.95. The molecule has 0 heterocycles. The summed E-state index contributed by atoms with van der Waals surface area (Å²) in [6.45, 7) is 0.340. The Labute approximate surface area is 140 Å². The van der Waals surface area contributed by atoms with Crippen LogP contribution in [-0.4, -0.2) is 13.0 Å². The van der Waals surface area contributed by atoms with Gasteiger partial charge in [-0.25, -0.2) is 5.84 Å². The Kier molecular flexibility index (Phi) is 4.63. The average Bonchev–Trinajstić information content (AvgIpc) is 2.65. The lowest BCUT2D eigenvalue weighted by molar-refractivity contribution is 0.0949. The van der Waals surface area contributed by atoms with Crippen LogP contribution in [0.3, 0.4) is 0 Å². The number of hydrazine groups is 1. The molecule has 5 nitrogen and oxygen atoms in total. The van der Waals surface area contributed by atoms with Crippen LogP contribution in [0.15, 0.2) is 60.7 Å². The Hall–Kier alpha value is -3.05. The van der Waals surface area contributed by atoms with Crippen molar-refractivity contribution in [1.29, 1.82) is 0 Å². The molecule has 3 aromatic carbocycles. The minimum absolute atomic E-state index is 0.340. The van der Waals surface area contributed by atoms with Gasteiger partial charge in [-0.2, -0.15) is 0 Å². The monoisotopic (exact) mass is 322 g/mol. The normalized spacial score (nSPS) is 10.4. The smallest absolute Gasteiger partial charge is 0.268 e. The molecule has 1 amide bonds. The van der Waals surface area contributed by atoms with Gasteiger partial charge < -0.3 is 9.47 Å². The van der Waals surface area contributed by atoms with Gasteiger partial charge in [0.25, 0.3) is 5.91 Å². The van der Waals surface area contributed by atoms with E-state index in [2.05, 4.69) is 5.43 Å². The van der Waals surface area contributed by atoms with Crippen LogP contribution < -0.4 is 20.7 Å². The number of carbonyl (C=O) groups excluding carboxylic acids is 1. The van der Waals surface area contributed by atoms with E-state index in [9.17, 15) is 4.79 Å². The highest BCUT2D eigenvalue weighted by Gasteiger charge is 2.13. The molecule has 122 valence electrons. The van der Waals surface area contributed by atoms with Crippen molar-refractivity contribution >= 4 is 16.7 Å². The highest BCUT2D eigenvalue weighted by atomic mass is 16.5. The van der Waals surface area contributed by atoms with Crippen LogP contribution in [0.4, 0.5) is 0 Å². The second kappa shape index (κ2) is 7.02. The van der Waals surface area contributed by atoms with E-state index in [1.54, 1.807) is 13.2 Å². The van der Waals surface area contributed by atoms with Crippen molar-refractivity contribution in [3.8, 4) is 11.5 Å². The number of hydrogen-bond acceptors (Lipinski definition) is 4. The van der Waals surface area contributed by atoms with Gasteiger partial charge in [0.2, 0.25) is 0 Å². The van der Waals surface area contributed by atoms with Crippen molar-refractivity contribution in [2.75, 3.05) is 7.11 Å². The molecule has 0 saturated carbocycles. The van der Waals surface area contributed by atoms with E-state index in [1.165, 1.54) is 0 Å². The lowest BCUT2D eigenvalue weighted by Crippen LogP contribution is -2.30. The summed E-state index contributed by atoms with van der Waals surface area (Å²) in [4.78, 5) is 12.0. The number of nitrogens with two attached hydrogens (primary N) is 1. The average molecular weight is 322 g/mol. The van der Waals surface area contributed by atoms with E-state index in [4.69, 9.17) is 15.3 Å². The molecule has 0 spiro atoms. The van der Waals surface area contributed by atoms with Gasteiger partial charge in [-0.1, -0.05) is 36.4 Å². The third-order valence-corrected chi connectivity index (χ3v) is 3.78. The summed E-state index contributed by atoms with van der Waals surface area (Å²) < 4.78 is 11.0. The van der Waals surface area contributed by atoms with Crippen molar-refractivity contribution in [1.82, 2.24) is 5.43 Å². The van der Waals surface area contributed by atoms with Crippen LogP contribution in [0.2, 0.25) is 0 Å². The maximum atomic E-state index is 12.0. The number of hydrogen-bond donors (Lipinski definition) is 2. The topological polar surface area (TPSA) is 73.6 Å². The first kappa shape index (κ1) is 15.8. The van der Waals surface area contributed by atoms with Crippen LogP contribution in [0, 0.1) is 0 Å². The zero-order valence-corrected chi connectivity index (χ0v) is 13.3. The summed E-state index contributed by atoms with van der Waals surface area (Å²) in [6.07, 6.45) is 0. The number of nitrogens with one attached hydrogen (secondary N) is 1. The van der Waals surface area contributed by atoms with Gasteiger partial charge in [-0.15, -0.1) is 0 Å². The molecule has 3 aromatic rings. The van der Waals surface area contributed by atoms with E-state index in [1.807, 2.05) is 54.6 Å². The molecule has 0 aliphatic carbocycles. The van der Waals surface area contributed by atoms with Gasteiger partial charge in [-0.05, 0) is 40.6 Å². The van der Waals surface area contributed by atoms with E-state index in [0.717, 1.165) is 22.1 Å². The minimum atomic E-state index is -0.384. The predicted octanol–water partition coefficient (Wildman–Crippen LogP) is 3.03. The van der Waals surface area contributed by atoms with Crippen molar-refractivity contribution in [2.45, 2.75) is 6.61 Å². The zero-order chi connectivity index (χ0) is 16.9. The molecule has 3 N–H and O–H groups in total. The molecule has 0 aliphatic rings. The molecule has 0 unspecified atom stereocenters. The molecule has 24 heavy (non-hydrogen) atoms. The molecular formula is C19H18N2O3. The number of methoxy groups -OCH3 is 1. The zero-order valence-electron chi connectivity index (χ0n) is 13.3. The summed E-state index contributed by atoms with van der Waals surface area (Å²) in [5.74, 6) is 6.18.